The summed E-state index contributed by atoms with van der Waals surface area (Å²) in [5.41, 5.74) is 0.428. The standard InChI is InChI=1S/C15H14BrCl2NO6S/c1-7(20)24-15-12(21)13(8-2-3-10(17)11(18)6-8)25-14(15)9(16)4-5-19-26(22)23/h2-3,6,9,21,26H,4-5H2,1H3,(H,19,22,23). The Balaban J connectivity index is 2.42. The van der Waals surface area contributed by atoms with E-state index in [2.05, 4.69) is 20.7 Å². The molecule has 0 aliphatic rings. The number of ether oxygens (including phenoxy) is 1. The molecule has 7 nitrogen and oxygen atoms in total. The normalized spacial score (nSPS) is 12.3. The van der Waals surface area contributed by atoms with Gasteiger partial charge in [-0.05, 0) is 24.6 Å². The van der Waals surface area contributed by atoms with E-state index in [1.165, 1.54) is 19.1 Å². The van der Waals surface area contributed by atoms with Gasteiger partial charge in [-0.1, -0.05) is 39.1 Å². The summed E-state index contributed by atoms with van der Waals surface area (Å²) in [5, 5.41) is 11.0. The van der Waals surface area contributed by atoms with Crippen molar-refractivity contribution >= 4 is 56.0 Å². The third-order valence-corrected chi connectivity index (χ3v) is 5.31. The molecular weight excluding hydrogens is 473 g/mol. The Hall–Kier alpha value is -1.26. The van der Waals surface area contributed by atoms with Crippen molar-refractivity contribution in [1.29, 1.82) is 0 Å². The van der Waals surface area contributed by atoms with E-state index < -0.39 is 21.7 Å². The SMILES string of the molecule is CC(=O)Oc1c(C(Br)CCN[SH](=O)=O)oc(-c2ccc(Cl)c(Cl)c2)c1O. The van der Waals surface area contributed by atoms with Gasteiger partial charge in [0.05, 0.1) is 14.9 Å². The summed E-state index contributed by atoms with van der Waals surface area (Å²) in [6.45, 7) is 1.31. The summed E-state index contributed by atoms with van der Waals surface area (Å²) in [7, 11) is -2.73. The van der Waals surface area contributed by atoms with Crippen LogP contribution in [-0.2, 0) is 15.7 Å². The zero-order chi connectivity index (χ0) is 19.4. The van der Waals surface area contributed by atoms with Crippen LogP contribution < -0.4 is 9.46 Å². The van der Waals surface area contributed by atoms with Crippen molar-refractivity contribution in [2.24, 2.45) is 0 Å². The number of carbonyl (C=O) groups is 1. The number of furan rings is 1. The summed E-state index contributed by atoms with van der Waals surface area (Å²) in [6.07, 6.45) is 0.283. The zero-order valence-corrected chi connectivity index (χ0v) is 17.3. The van der Waals surface area contributed by atoms with E-state index in [4.69, 9.17) is 32.4 Å². The summed E-state index contributed by atoms with van der Waals surface area (Å²) < 4.78 is 34.2. The highest BCUT2D eigenvalue weighted by atomic mass is 79.9. The zero-order valence-electron chi connectivity index (χ0n) is 13.3. The highest BCUT2D eigenvalue weighted by Gasteiger charge is 2.28. The third kappa shape index (κ3) is 5.14. The molecule has 0 aliphatic carbocycles. The molecule has 1 heterocycles. The number of thiol groups is 1. The molecule has 1 unspecified atom stereocenters. The molecule has 142 valence electrons. The second-order valence-electron chi connectivity index (χ2n) is 5.12. The number of hydrogen-bond donors (Lipinski definition) is 3. The molecule has 0 fully saturated rings. The first-order valence-corrected chi connectivity index (χ1v) is 10.1. The fourth-order valence-electron chi connectivity index (χ4n) is 2.12. The quantitative estimate of drug-likeness (QED) is 0.312. The number of rotatable bonds is 7. The van der Waals surface area contributed by atoms with Crippen molar-refractivity contribution < 1.29 is 27.5 Å². The second kappa shape index (κ2) is 9.09. The first kappa shape index (κ1) is 21.0. The average Bonchev–Trinajstić information content (AvgIpc) is 2.86. The lowest BCUT2D eigenvalue weighted by Crippen LogP contribution is -2.14. The average molecular weight is 487 g/mol. The summed E-state index contributed by atoms with van der Waals surface area (Å²) in [4.78, 5) is 10.8. The lowest BCUT2D eigenvalue weighted by molar-refractivity contribution is -0.132. The van der Waals surface area contributed by atoms with E-state index in [1.54, 1.807) is 6.07 Å². The topological polar surface area (TPSA) is 106 Å². The Morgan fingerprint density at radius 1 is 1.38 bits per heavy atom. The minimum absolute atomic E-state index is 0.0436. The minimum atomic E-state index is -2.73. The molecule has 1 aromatic carbocycles. The van der Waals surface area contributed by atoms with E-state index in [0.717, 1.165) is 0 Å². The Morgan fingerprint density at radius 3 is 2.65 bits per heavy atom. The van der Waals surface area contributed by atoms with Crippen LogP contribution in [0.5, 0.6) is 11.5 Å². The van der Waals surface area contributed by atoms with E-state index in [1.807, 2.05) is 0 Å². The molecule has 11 heteroatoms. The number of halogens is 3. The first-order valence-electron chi connectivity index (χ1n) is 7.22. The van der Waals surface area contributed by atoms with Crippen molar-refractivity contribution in [3.8, 4) is 22.8 Å². The van der Waals surface area contributed by atoms with Crippen molar-refractivity contribution in [1.82, 2.24) is 4.72 Å². The molecule has 0 saturated carbocycles. The van der Waals surface area contributed by atoms with Crippen LogP contribution in [-0.4, -0.2) is 26.0 Å². The molecular formula is C15H14BrCl2NO6S. The Kier molecular flexibility index (Phi) is 7.36. The monoisotopic (exact) mass is 485 g/mol. The van der Waals surface area contributed by atoms with Crippen molar-refractivity contribution in [3.63, 3.8) is 0 Å². The first-order chi connectivity index (χ1) is 12.2. The molecule has 0 radical (unpaired) electrons. The largest absolute Gasteiger partial charge is 0.502 e. The maximum absolute atomic E-state index is 11.4. The lowest BCUT2D eigenvalue weighted by Gasteiger charge is -2.08. The van der Waals surface area contributed by atoms with E-state index in [9.17, 15) is 18.3 Å². The number of benzene rings is 1. The summed E-state index contributed by atoms with van der Waals surface area (Å²) >= 11 is 15.2. The highest BCUT2D eigenvalue weighted by Crippen LogP contribution is 2.48. The molecule has 2 rings (SSSR count). The fourth-order valence-corrected chi connectivity index (χ4v) is 3.26. The fraction of sp³-hybridized carbons (Fsp3) is 0.267. The van der Waals surface area contributed by atoms with Gasteiger partial charge in [-0.15, -0.1) is 0 Å². The Labute approximate surface area is 169 Å². The maximum Gasteiger partial charge on any atom is 0.308 e. The van der Waals surface area contributed by atoms with Crippen LogP contribution in [0.25, 0.3) is 11.3 Å². The smallest absolute Gasteiger partial charge is 0.308 e. The number of alkyl halides is 1. The number of nitrogens with one attached hydrogen (secondary N) is 1. The molecule has 2 aromatic rings. The van der Waals surface area contributed by atoms with Gasteiger partial charge in [0, 0.05) is 19.0 Å². The van der Waals surface area contributed by atoms with E-state index in [-0.39, 0.29) is 41.0 Å². The van der Waals surface area contributed by atoms with Gasteiger partial charge in [0.15, 0.2) is 11.5 Å². The molecule has 2 N–H and O–H groups in total. The third-order valence-electron chi connectivity index (χ3n) is 3.22. The Morgan fingerprint density at radius 2 is 2.08 bits per heavy atom. The summed E-state index contributed by atoms with van der Waals surface area (Å²) in [5.74, 6) is -0.986. The van der Waals surface area contributed by atoms with Crippen LogP contribution in [0.1, 0.15) is 23.9 Å². The van der Waals surface area contributed by atoms with E-state index in [0.29, 0.717) is 10.6 Å². The number of esters is 1. The van der Waals surface area contributed by atoms with Crippen LogP contribution >= 0.6 is 39.1 Å². The van der Waals surface area contributed by atoms with Crippen molar-refractivity contribution in [2.75, 3.05) is 6.54 Å². The molecule has 0 bridgehead atoms. The number of aromatic hydroxyl groups is 1. The molecule has 0 spiro atoms. The van der Waals surface area contributed by atoms with E-state index >= 15 is 0 Å². The molecule has 0 saturated heterocycles. The van der Waals surface area contributed by atoms with Crippen molar-refractivity contribution in [3.05, 3.63) is 34.0 Å². The molecule has 26 heavy (non-hydrogen) atoms. The molecule has 1 atom stereocenters. The second-order valence-corrected chi connectivity index (χ2v) is 7.87. The molecule has 0 amide bonds. The van der Waals surface area contributed by atoms with Gasteiger partial charge in [0.25, 0.3) is 0 Å². The van der Waals surface area contributed by atoms with Gasteiger partial charge >= 0.3 is 5.97 Å². The van der Waals surface area contributed by atoms with Crippen LogP contribution in [0.4, 0.5) is 0 Å². The van der Waals surface area contributed by atoms with Crippen LogP contribution in [0.15, 0.2) is 22.6 Å². The summed E-state index contributed by atoms with van der Waals surface area (Å²) in [6, 6.07) is 4.62. The Bertz CT molecular complexity index is 891. The highest BCUT2D eigenvalue weighted by molar-refractivity contribution is 9.09. The molecule has 1 aromatic heterocycles. The number of carbonyl (C=O) groups excluding carboxylic acids is 1. The van der Waals surface area contributed by atoms with Crippen LogP contribution in [0.3, 0.4) is 0 Å². The van der Waals surface area contributed by atoms with Gasteiger partial charge in [-0.25, -0.2) is 13.1 Å². The van der Waals surface area contributed by atoms with Gasteiger partial charge in [-0.3, -0.25) is 4.79 Å². The predicted molar refractivity (Wildman–Crippen MR) is 102 cm³/mol. The van der Waals surface area contributed by atoms with Gasteiger partial charge in [0.1, 0.15) is 0 Å². The maximum atomic E-state index is 11.4. The van der Waals surface area contributed by atoms with Gasteiger partial charge in [0.2, 0.25) is 22.4 Å². The van der Waals surface area contributed by atoms with Crippen molar-refractivity contribution in [2.45, 2.75) is 18.2 Å². The van der Waals surface area contributed by atoms with Gasteiger partial charge in [-0.2, -0.15) is 0 Å². The number of hydrogen-bond acceptors (Lipinski definition) is 6. The lowest BCUT2D eigenvalue weighted by atomic mass is 10.1. The van der Waals surface area contributed by atoms with Crippen LogP contribution in [0.2, 0.25) is 10.0 Å². The minimum Gasteiger partial charge on any atom is -0.502 e. The van der Waals surface area contributed by atoms with Crippen LogP contribution in [0, 0.1) is 0 Å². The molecule has 0 aliphatic heterocycles. The predicted octanol–water partition coefficient (Wildman–Crippen LogP) is 3.83. The van der Waals surface area contributed by atoms with Gasteiger partial charge < -0.3 is 14.3 Å².